The maximum absolute atomic E-state index is 5.95. The standard InChI is InChI=1S/C12H24N4/c1-14-2-4-15(5-3-14)6-7-16-8-10-11(9-16)12(10)13/h10-12H,2-9,13H2,1H3. The molecule has 2 atom stereocenters. The van der Waals surface area contributed by atoms with Gasteiger partial charge in [-0.2, -0.15) is 0 Å². The molecule has 0 spiro atoms. The summed E-state index contributed by atoms with van der Waals surface area (Å²) in [5, 5.41) is 0. The van der Waals surface area contributed by atoms with E-state index in [1.807, 2.05) is 0 Å². The Morgan fingerprint density at radius 3 is 2.12 bits per heavy atom. The quantitative estimate of drug-likeness (QED) is 0.675. The highest BCUT2D eigenvalue weighted by Gasteiger charge is 2.53. The summed E-state index contributed by atoms with van der Waals surface area (Å²) < 4.78 is 0. The van der Waals surface area contributed by atoms with Crippen LogP contribution in [-0.2, 0) is 0 Å². The Labute approximate surface area is 98.4 Å². The Morgan fingerprint density at radius 2 is 1.50 bits per heavy atom. The third kappa shape index (κ3) is 2.12. The van der Waals surface area contributed by atoms with Crippen molar-refractivity contribution in [2.45, 2.75) is 6.04 Å². The van der Waals surface area contributed by atoms with Gasteiger partial charge in [0, 0.05) is 58.4 Å². The molecule has 92 valence electrons. The van der Waals surface area contributed by atoms with Crippen molar-refractivity contribution in [1.82, 2.24) is 14.7 Å². The van der Waals surface area contributed by atoms with Crippen LogP contribution in [0.25, 0.3) is 0 Å². The average molecular weight is 224 g/mol. The Kier molecular flexibility index (Phi) is 2.92. The first kappa shape index (κ1) is 11.0. The molecule has 0 aromatic heterocycles. The van der Waals surface area contributed by atoms with Gasteiger partial charge in [-0.1, -0.05) is 0 Å². The van der Waals surface area contributed by atoms with Crippen LogP contribution in [0.5, 0.6) is 0 Å². The lowest BCUT2D eigenvalue weighted by Gasteiger charge is -2.33. The monoisotopic (exact) mass is 224 g/mol. The smallest absolute Gasteiger partial charge is 0.0127 e. The lowest BCUT2D eigenvalue weighted by molar-refractivity contribution is 0.137. The normalized spacial score (nSPS) is 41.2. The van der Waals surface area contributed by atoms with E-state index < -0.39 is 0 Å². The van der Waals surface area contributed by atoms with Crippen molar-refractivity contribution in [3.8, 4) is 0 Å². The van der Waals surface area contributed by atoms with E-state index in [9.17, 15) is 0 Å². The summed E-state index contributed by atoms with van der Waals surface area (Å²) in [6.07, 6.45) is 0. The van der Waals surface area contributed by atoms with Gasteiger partial charge < -0.3 is 15.5 Å². The Bertz CT molecular complexity index is 235. The molecule has 0 aromatic carbocycles. The van der Waals surface area contributed by atoms with E-state index in [2.05, 4.69) is 21.7 Å². The maximum atomic E-state index is 5.95. The molecule has 3 aliphatic rings. The van der Waals surface area contributed by atoms with Crippen molar-refractivity contribution in [2.75, 3.05) is 59.4 Å². The highest BCUT2D eigenvalue weighted by molar-refractivity contribution is 5.08. The van der Waals surface area contributed by atoms with Gasteiger partial charge in [-0.05, 0) is 18.9 Å². The molecule has 4 heteroatoms. The molecule has 3 rings (SSSR count). The molecule has 2 aliphatic heterocycles. The first-order valence-corrected chi connectivity index (χ1v) is 6.63. The number of hydrogen-bond donors (Lipinski definition) is 1. The lowest BCUT2D eigenvalue weighted by atomic mass is 10.3. The van der Waals surface area contributed by atoms with Gasteiger partial charge in [0.05, 0.1) is 0 Å². The zero-order valence-corrected chi connectivity index (χ0v) is 10.3. The van der Waals surface area contributed by atoms with E-state index in [1.54, 1.807) is 0 Å². The van der Waals surface area contributed by atoms with E-state index in [0.717, 1.165) is 11.8 Å². The van der Waals surface area contributed by atoms with Crippen LogP contribution in [0.3, 0.4) is 0 Å². The number of likely N-dealkylation sites (tertiary alicyclic amines) is 1. The second-order valence-electron chi connectivity index (χ2n) is 5.81. The summed E-state index contributed by atoms with van der Waals surface area (Å²) in [5.74, 6) is 1.68. The minimum atomic E-state index is 0.542. The summed E-state index contributed by atoms with van der Waals surface area (Å²) in [7, 11) is 2.22. The second kappa shape index (κ2) is 4.26. The van der Waals surface area contributed by atoms with Gasteiger partial charge in [0.2, 0.25) is 0 Å². The maximum Gasteiger partial charge on any atom is 0.0127 e. The first-order valence-electron chi connectivity index (χ1n) is 6.63. The molecule has 2 saturated heterocycles. The molecule has 1 aliphatic carbocycles. The predicted molar refractivity (Wildman–Crippen MR) is 65.3 cm³/mol. The molecule has 4 nitrogen and oxygen atoms in total. The third-order valence-corrected chi connectivity index (χ3v) is 4.66. The van der Waals surface area contributed by atoms with E-state index >= 15 is 0 Å². The van der Waals surface area contributed by atoms with Crippen LogP contribution in [0.4, 0.5) is 0 Å². The van der Waals surface area contributed by atoms with E-state index in [1.165, 1.54) is 52.4 Å². The van der Waals surface area contributed by atoms with Gasteiger partial charge in [0.25, 0.3) is 0 Å². The van der Waals surface area contributed by atoms with Gasteiger partial charge in [0.1, 0.15) is 0 Å². The van der Waals surface area contributed by atoms with Crippen molar-refractivity contribution in [1.29, 1.82) is 0 Å². The van der Waals surface area contributed by atoms with E-state index in [4.69, 9.17) is 5.73 Å². The molecule has 0 amide bonds. The number of piperazine rings is 1. The van der Waals surface area contributed by atoms with Crippen LogP contribution >= 0.6 is 0 Å². The minimum absolute atomic E-state index is 0.542. The SMILES string of the molecule is CN1CCN(CCN2CC3C(N)C3C2)CC1. The number of likely N-dealkylation sites (N-methyl/N-ethyl adjacent to an activating group) is 1. The minimum Gasteiger partial charge on any atom is -0.327 e. The summed E-state index contributed by atoms with van der Waals surface area (Å²) >= 11 is 0. The molecule has 16 heavy (non-hydrogen) atoms. The molecule has 0 aromatic rings. The second-order valence-corrected chi connectivity index (χ2v) is 5.81. The Hall–Kier alpha value is -0.160. The fraction of sp³-hybridized carbons (Fsp3) is 1.00. The molecule has 0 bridgehead atoms. The van der Waals surface area contributed by atoms with Crippen LogP contribution in [0.1, 0.15) is 0 Å². The summed E-state index contributed by atoms with van der Waals surface area (Å²) in [6, 6.07) is 0.542. The van der Waals surface area contributed by atoms with Crippen molar-refractivity contribution in [3.63, 3.8) is 0 Å². The van der Waals surface area contributed by atoms with E-state index in [-0.39, 0.29) is 0 Å². The molecule has 0 radical (unpaired) electrons. The van der Waals surface area contributed by atoms with Gasteiger partial charge >= 0.3 is 0 Å². The van der Waals surface area contributed by atoms with Gasteiger partial charge in [-0.15, -0.1) is 0 Å². The van der Waals surface area contributed by atoms with Crippen molar-refractivity contribution >= 4 is 0 Å². The van der Waals surface area contributed by atoms with Gasteiger partial charge in [-0.25, -0.2) is 0 Å². The summed E-state index contributed by atoms with van der Waals surface area (Å²) in [4.78, 5) is 7.63. The fourth-order valence-corrected chi connectivity index (χ4v) is 3.20. The Morgan fingerprint density at radius 1 is 0.938 bits per heavy atom. The van der Waals surface area contributed by atoms with Gasteiger partial charge in [-0.3, -0.25) is 4.90 Å². The van der Waals surface area contributed by atoms with Crippen molar-refractivity contribution < 1.29 is 0 Å². The molecule has 1 saturated carbocycles. The number of rotatable bonds is 3. The third-order valence-electron chi connectivity index (χ3n) is 4.66. The number of nitrogens with zero attached hydrogens (tertiary/aromatic N) is 3. The summed E-state index contributed by atoms with van der Waals surface area (Å²) in [5.41, 5.74) is 5.95. The lowest BCUT2D eigenvalue weighted by Crippen LogP contribution is -2.47. The van der Waals surface area contributed by atoms with Crippen LogP contribution in [0.2, 0.25) is 0 Å². The van der Waals surface area contributed by atoms with Crippen LogP contribution in [0, 0.1) is 11.8 Å². The molecular weight excluding hydrogens is 200 g/mol. The van der Waals surface area contributed by atoms with Crippen LogP contribution < -0.4 is 5.73 Å². The summed E-state index contributed by atoms with van der Waals surface area (Å²) in [6.45, 7) is 9.99. The zero-order valence-electron chi connectivity index (χ0n) is 10.3. The molecule has 3 fully saturated rings. The van der Waals surface area contributed by atoms with Crippen LogP contribution in [0.15, 0.2) is 0 Å². The number of piperidine rings is 1. The topological polar surface area (TPSA) is 35.7 Å². The number of hydrogen-bond acceptors (Lipinski definition) is 4. The van der Waals surface area contributed by atoms with E-state index in [0.29, 0.717) is 6.04 Å². The average Bonchev–Trinajstić information content (AvgIpc) is 2.75. The zero-order chi connectivity index (χ0) is 11.1. The highest BCUT2D eigenvalue weighted by Crippen LogP contribution is 2.43. The Balaban J connectivity index is 1.35. The molecule has 2 N–H and O–H groups in total. The number of nitrogens with two attached hydrogens (primary N) is 1. The first-order chi connectivity index (χ1) is 7.74. The van der Waals surface area contributed by atoms with Crippen molar-refractivity contribution in [3.05, 3.63) is 0 Å². The number of fused-ring (bicyclic) bond motifs is 1. The van der Waals surface area contributed by atoms with Crippen molar-refractivity contribution in [2.24, 2.45) is 17.6 Å². The predicted octanol–water partition coefficient (Wildman–Crippen LogP) is -0.877. The van der Waals surface area contributed by atoms with Crippen LogP contribution in [-0.4, -0.2) is 80.1 Å². The molecular formula is C12H24N4. The highest BCUT2D eigenvalue weighted by atomic mass is 15.3. The fourth-order valence-electron chi connectivity index (χ4n) is 3.20. The molecule has 2 unspecified atom stereocenters. The largest absolute Gasteiger partial charge is 0.327 e. The van der Waals surface area contributed by atoms with Gasteiger partial charge in [0.15, 0.2) is 0 Å². The molecule has 2 heterocycles.